The average Bonchev–Trinajstić information content (AvgIpc) is 2.57. The highest BCUT2D eigenvalue weighted by Gasteiger charge is 2.31. The molecule has 7 heteroatoms. The molecule has 1 aliphatic heterocycles. The van der Waals surface area contributed by atoms with Gasteiger partial charge in [-0.25, -0.2) is 8.42 Å². The van der Waals surface area contributed by atoms with Gasteiger partial charge in [-0.1, -0.05) is 0 Å². The summed E-state index contributed by atoms with van der Waals surface area (Å²) >= 11 is 0. The molecule has 1 aliphatic rings. The first-order chi connectivity index (χ1) is 11.8. The third-order valence-corrected chi connectivity index (χ3v) is 6.73. The number of methoxy groups -OCH3 is 1. The van der Waals surface area contributed by atoms with E-state index in [0.29, 0.717) is 18.8 Å². The highest BCUT2D eigenvalue weighted by atomic mass is 32.2. The van der Waals surface area contributed by atoms with E-state index in [1.165, 1.54) is 7.11 Å². The minimum atomic E-state index is -3.53. The van der Waals surface area contributed by atoms with Crippen molar-refractivity contribution >= 4 is 10.0 Å². The van der Waals surface area contributed by atoms with Crippen molar-refractivity contribution in [2.45, 2.75) is 25.2 Å². The Balaban J connectivity index is 2.06. The van der Waals surface area contributed by atoms with Gasteiger partial charge < -0.3 is 14.5 Å². The number of hydrogen-bond donors (Lipinski definition) is 0. The molecule has 1 saturated heterocycles. The first-order valence-corrected chi connectivity index (χ1v) is 10.2. The van der Waals surface area contributed by atoms with Gasteiger partial charge in [0.25, 0.3) is 0 Å². The molecule has 0 unspecified atom stereocenters. The lowest BCUT2D eigenvalue weighted by Crippen LogP contribution is -2.49. The van der Waals surface area contributed by atoms with Gasteiger partial charge >= 0.3 is 0 Å². The number of nitrogens with zero attached hydrogens (tertiary/aromatic N) is 3. The Morgan fingerprint density at radius 1 is 1.08 bits per heavy atom. The summed E-state index contributed by atoms with van der Waals surface area (Å²) in [6.07, 6.45) is 1.10. The Labute approximate surface area is 152 Å². The van der Waals surface area contributed by atoms with Gasteiger partial charge in [-0.05, 0) is 70.7 Å². The van der Waals surface area contributed by atoms with Crippen LogP contribution in [0.5, 0.6) is 5.75 Å². The Morgan fingerprint density at radius 2 is 1.68 bits per heavy atom. The average molecular weight is 370 g/mol. The van der Waals surface area contributed by atoms with Crippen LogP contribution in [0, 0.1) is 13.8 Å². The fourth-order valence-electron chi connectivity index (χ4n) is 3.07. The number of piperazine rings is 1. The van der Waals surface area contributed by atoms with E-state index < -0.39 is 10.0 Å². The molecule has 0 spiro atoms. The van der Waals surface area contributed by atoms with Crippen molar-refractivity contribution in [1.29, 1.82) is 0 Å². The molecule has 0 amide bonds. The highest BCUT2D eigenvalue weighted by molar-refractivity contribution is 7.89. The van der Waals surface area contributed by atoms with E-state index in [2.05, 4.69) is 23.9 Å². The topological polar surface area (TPSA) is 53.1 Å². The molecular weight excluding hydrogens is 338 g/mol. The maximum Gasteiger partial charge on any atom is 0.246 e. The van der Waals surface area contributed by atoms with Gasteiger partial charge in [0.15, 0.2) is 0 Å². The third kappa shape index (κ3) is 4.94. The zero-order chi connectivity index (χ0) is 18.6. The number of benzene rings is 1. The first-order valence-electron chi connectivity index (χ1n) is 8.78. The predicted molar refractivity (Wildman–Crippen MR) is 101 cm³/mol. The Hall–Kier alpha value is -1.15. The highest BCUT2D eigenvalue weighted by Crippen LogP contribution is 2.30. The molecule has 25 heavy (non-hydrogen) atoms. The zero-order valence-corrected chi connectivity index (χ0v) is 16.9. The van der Waals surface area contributed by atoms with E-state index in [1.807, 2.05) is 13.8 Å². The summed E-state index contributed by atoms with van der Waals surface area (Å²) in [4.78, 5) is 4.79. The molecule has 0 atom stereocenters. The molecule has 1 aromatic carbocycles. The fraction of sp³-hybridized carbons (Fsp3) is 0.667. The quantitative estimate of drug-likeness (QED) is 0.730. The molecule has 6 nitrogen and oxygen atoms in total. The standard InChI is InChI=1S/C18H31N3O3S/c1-15-13-17(24-5)18(14-16(15)2)25(22,23)21-11-9-20(10-12-21)8-6-7-19(3)4/h13-14H,6-12H2,1-5H3. The van der Waals surface area contributed by atoms with Crippen molar-refractivity contribution < 1.29 is 13.2 Å². The molecule has 1 aromatic rings. The second-order valence-corrected chi connectivity index (χ2v) is 8.90. The van der Waals surface area contributed by atoms with Crippen LogP contribution in [0.3, 0.4) is 0 Å². The Bertz CT molecular complexity index is 681. The lowest BCUT2D eigenvalue weighted by Gasteiger charge is -2.34. The molecule has 1 fully saturated rings. The van der Waals surface area contributed by atoms with E-state index >= 15 is 0 Å². The van der Waals surface area contributed by atoms with Gasteiger partial charge in [0.1, 0.15) is 10.6 Å². The summed E-state index contributed by atoms with van der Waals surface area (Å²) in [6, 6.07) is 3.53. The van der Waals surface area contributed by atoms with Crippen molar-refractivity contribution in [3.05, 3.63) is 23.3 Å². The van der Waals surface area contributed by atoms with Crippen LogP contribution in [0.4, 0.5) is 0 Å². The van der Waals surface area contributed by atoms with Crippen molar-refractivity contribution in [1.82, 2.24) is 14.1 Å². The van der Waals surface area contributed by atoms with Crippen molar-refractivity contribution in [3.63, 3.8) is 0 Å². The van der Waals surface area contributed by atoms with Crippen molar-refractivity contribution in [2.75, 3.05) is 60.5 Å². The molecule has 0 N–H and O–H groups in total. The van der Waals surface area contributed by atoms with Crippen LogP contribution >= 0.6 is 0 Å². The molecule has 0 aliphatic carbocycles. The second kappa shape index (κ2) is 8.49. The van der Waals surface area contributed by atoms with E-state index in [1.54, 1.807) is 16.4 Å². The number of sulfonamides is 1. The van der Waals surface area contributed by atoms with E-state index in [9.17, 15) is 8.42 Å². The summed E-state index contributed by atoms with van der Waals surface area (Å²) in [5.74, 6) is 0.427. The molecule has 0 aromatic heterocycles. The minimum absolute atomic E-state index is 0.277. The van der Waals surface area contributed by atoms with Crippen molar-refractivity contribution in [2.24, 2.45) is 0 Å². The maximum atomic E-state index is 13.1. The molecule has 142 valence electrons. The summed E-state index contributed by atoms with van der Waals surface area (Å²) in [6.45, 7) is 8.56. The zero-order valence-electron chi connectivity index (χ0n) is 16.1. The third-order valence-electron chi connectivity index (χ3n) is 4.81. The molecule has 0 saturated carbocycles. The Kier molecular flexibility index (Phi) is 6.85. The lowest BCUT2D eigenvalue weighted by atomic mass is 10.1. The molecule has 0 radical (unpaired) electrons. The largest absolute Gasteiger partial charge is 0.495 e. The van der Waals surface area contributed by atoms with Crippen LogP contribution in [0.1, 0.15) is 17.5 Å². The van der Waals surface area contributed by atoms with Crippen LogP contribution in [-0.4, -0.2) is 83.0 Å². The van der Waals surface area contributed by atoms with Crippen LogP contribution in [0.2, 0.25) is 0 Å². The molecule has 0 bridgehead atoms. The number of rotatable bonds is 7. The minimum Gasteiger partial charge on any atom is -0.495 e. The molecular formula is C18H31N3O3S. The van der Waals surface area contributed by atoms with Crippen LogP contribution in [-0.2, 0) is 10.0 Å². The van der Waals surface area contributed by atoms with Gasteiger partial charge in [0, 0.05) is 26.2 Å². The summed E-state index contributed by atoms with van der Waals surface area (Å²) in [5.41, 5.74) is 1.99. The van der Waals surface area contributed by atoms with Gasteiger partial charge in [0.05, 0.1) is 7.11 Å². The second-order valence-electron chi connectivity index (χ2n) is 6.99. The van der Waals surface area contributed by atoms with Gasteiger partial charge in [-0.15, -0.1) is 0 Å². The van der Waals surface area contributed by atoms with Gasteiger partial charge in [0.2, 0.25) is 10.0 Å². The van der Waals surface area contributed by atoms with Crippen LogP contribution in [0.15, 0.2) is 17.0 Å². The summed E-state index contributed by atoms with van der Waals surface area (Å²) in [5, 5.41) is 0. The Morgan fingerprint density at radius 3 is 2.24 bits per heavy atom. The number of aryl methyl sites for hydroxylation is 2. The van der Waals surface area contributed by atoms with Gasteiger partial charge in [-0.3, -0.25) is 0 Å². The van der Waals surface area contributed by atoms with E-state index in [0.717, 1.165) is 43.7 Å². The summed E-state index contributed by atoms with van der Waals surface area (Å²) in [7, 11) is 2.13. The normalized spacial score (nSPS) is 17.2. The predicted octanol–water partition coefficient (Wildman–Crippen LogP) is 1.57. The van der Waals surface area contributed by atoms with Crippen molar-refractivity contribution in [3.8, 4) is 5.75 Å². The molecule has 2 rings (SSSR count). The van der Waals surface area contributed by atoms with E-state index in [4.69, 9.17) is 4.74 Å². The van der Waals surface area contributed by atoms with Gasteiger partial charge in [-0.2, -0.15) is 4.31 Å². The first kappa shape index (κ1) is 20.2. The SMILES string of the molecule is COc1cc(C)c(C)cc1S(=O)(=O)N1CCN(CCCN(C)C)CC1. The molecule has 1 heterocycles. The summed E-state index contributed by atoms with van der Waals surface area (Å²) < 4.78 is 33.0. The lowest BCUT2D eigenvalue weighted by molar-refractivity contribution is 0.181. The maximum absolute atomic E-state index is 13.1. The van der Waals surface area contributed by atoms with Crippen LogP contribution < -0.4 is 4.74 Å². The fourth-order valence-corrected chi connectivity index (χ4v) is 4.71. The number of hydrogen-bond acceptors (Lipinski definition) is 5. The smallest absolute Gasteiger partial charge is 0.246 e. The number of ether oxygens (including phenoxy) is 1. The van der Waals surface area contributed by atoms with Crippen LogP contribution in [0.25, 0.3) is 0 Å². The monoisotopic (exact) mass is 369 g/mol. The van der Waals surface area contributed by atoms with E-state index in [-0.39, 0.29) is 4.90 Å².